The lowest BCUT2D eigenvalue weighted by molar-refractivity contribution is -0.132. The van der Waals surface area contributed by atoms with E-state index in [-0.39, 0.29) is 11.8 Å². The number of nitrogens with zero attached hydrogens (tertiary/aromatic N) is 2. The molecule has 2 N–H and O–H groups in total. The molecular formula is C17H25N3O2S. The Balaban J connectivity index is 1.92. The first kappa shape index (κ1) is 17.8. The third kappa shape index (κ3) is 4.97. The van der Waals surface area contributed by atoms with Crippen LogP contribution in [0.2, 0.25) is 0 Å². The average molecular weight is 335 g/mol. The van der Waals surface area contributed by atoms with Crippen molar-refractivity contribution in [3.05, 3.63) is 35.9 Å². The number of carbonyl (C=O) groups excluding carboxylic acids is 2. The average Bonchev–Trinajstić information content (AvgIpc) is 2.85. The van der Waals surface area contributed by atoms with Gasteiger partial charge in [-0.2, -0.15) is 11.8 Å². The summed E-state index contributed by atoms with van der Waals surface area (Å²) >= 11 is 1.70. The van der Waals surface area contributed by atoms with E-state index < -0.39 is 6.04 Å². The highest BCUT2D eigenvalue weighted by molar-refractivity contribution is 7.98. The summed E-state index contributed by atoms with van der Waals surface area (Å²) in [6, 6.07) is 8.86. The number of carbonyl (C=O) groups is 2. The van der Waals surface area contributed by atoms with Crippen molar-refractivity contribution in [2.45, 2.75) is 18.9 Å². The van der Waals surface area contributed by atoms with E-state index in [9.17, 15) is 9.59 Å². The minimum Gasteiger partial charge on any atom is -0.340 e. The van der Waals surface area contributed by atoms with Gasteiger partial charge in [0.25, 0.3) is 5.91 Å². The molecule has 1 atom stereocenters. The van der Waals surface area contributed by atoms with E-state index in [0.29, 0.717) is 38.2 Å². The van der Waals surface area contributed by atoms with E-state index in [4.69, 9.17) is 5.73 Å². The summed E-state index contributed by atoms with van der Waals surface area (Å²) in [5, 5.41) is 0. The topological polar surface area (TPSA) is 66.6 Å². The molecule has 0 aromatic heterocycles. The second kappa shape index (κ2) is 8.93. The lowest BCUT2D eigenvalue weighted by atomic mass is 10.2. The van der Waals surface area contributed by atoms with E-state index in [2.05, 4.69) is 0 Å². The lowest BCUT2D eigenvalue weighted by Gasteiger charge is -2.24. The first-order valence-electron chi connectivity index (χ1n) is 8.01. The Kier molecular flexibility index (Phi) is 6.92. The van der Waals surface area contributed by atoms with Gasteiger partial charge in [0.1, 0.15) is 0 Å². The number of rotatable bonds is 5. The first-order valence-corrected chi connectivity index (χ1v) is 9.40. The summed E-state index contributed by atoms with van der Waals surface area (Å²) in [5.41, 5.74) is 6.68. The molecule has 1 aliphatic heterocycles. The molecule has 1 heterocycles. The Labute approximate surface area is 142 Å². The van der Waals surface area contributed by atoms with Crippen molar-refractivity contribution in [1.29, 1.82) is 0 Å². The third-order valence-corrected chi connectivity index (χ3v) is 4.71. The van der Waals surface area contributed by atoms with Crippen LogP contribution >= 0.6 is 11.8 Å². The van der Waals surface area contributed by atoms with Gasteiger partial charge < -0.3 is 15.5 Å². The molecule has 1 aromatic carbocycles. The van der Waals surface area contributed by atoms with E-state index in [1.54, 1.807) is 11.8 Å². The van der Waals surface area contributed by atoms with Crippen molar-refractivity contribution in [1.82, 2.24) is 9.80 Å². The normalized spacial score (nSPS) is 16.8. The first-order chi connectivity index (χ1) is 11.1. The molecule has 126 valence electrons. The molecule has 1 fully saturated rings. The van der Waals surface area contributed by atoms with Crippen LogP contribution < -0.4 is 5.73 Å². The number of thioether (sulfide) groups is 1. The van der Waals surface area contributed by atoms with Crippen LogP contribution in [-0.4, -0.2) is 65.8 Å². The van der Waals surface area contributed by atoms with E-state index in [0.717, 1.165) is 12.2 Å². The minimum atomic E-state index is -0.432. The molecule has 1 aromatic rings. The summed E-state index contributed by atoms with van der Waals surface area (Å²) in [5.74, 6) is 0.930. The van der Waals surface area contributed by atoms with Gasteiger partial charge in [-0.05, 0) is 37.0 Å². The molecule has 2 rings (SSSR count). The van der Waals surface area contributed by atoms with Crippen LogP contribution in [0, 0.1) is 0 Å². The zero-order valence-corrected chi connectivity index (χ0v) is 14.4. The highest BCUT2D eigenvalue weighted by atomic mass is 32.2. The maximum atomic E-state index is 12.5. The smallest absolute Gasteiger partial charge is 0.253 e. The zero-order valence-electron chi connectivity index (χ0n) is 13.6. The lowest BCUT2D eigenvalue weighted by Crippen LogP contribution is -2.45. The van der Waals surface area contributed by atoms with Crippen molar-refractivity contribution in [2.24, 2.45) is 5.73 Å². The van der Waals surface area contributed by atoms with Crippen LogP contribution in [0.5, 0.6) is 0 Å². The Morgan fingerprint density at radius 3 is 2.48 bits per heavy atom. The highest BCUT2D eigenvalue weighted by Gasteiger charge is 2.25. The second-order valence-corrected chi connectivity index (χ2v) is 6.71. The molecule has 0 unspecified atom stereocenters. The van der Waals surface area contributed by atoms with Crippen LogP contribution in [0.4, 0.5) is 0 Å². The molecule has 0 saturated carbocycles. The van der Waals surface area contributed by atoms with Gasteiger partial charge in [-0.15, -0.1) is 0 Å². The standard InChI is InChI=1S/C17H25N3O2S/c1-23-13-8-15(18)17(22)20-10-5-9-19(11-12-20)16(21)14-6-3-2-4-7-14/h2-4,6-7,15H,5,8-13,18H2,1H3/t15-/m0/s1. The zero-order chi connectivity index (χ0) is 16.7. The fraction of sp³-hybridized carbons (Fsp3) is 0.529. The van der Waals surface area contributed by atoms with Crippen molar-refractivity contribution in [3.63, 3.8) is 0 Å². The fourth-order valence-electron chi connectivity index (χ4n) is 2.71. The molecule has 6 heteroatoms. The van der Waals surface area contributed by atoms with Crippen LogP contribution in [0.1, 0.15) is 23.2 Å². The summed E-state index contributed by atoms with van der Waals surface area (Å²) in [6.45, 7) is 2.47. The van der Waals surface area contributed by atoms with Gasteiger partial charge in [-0.3, -0.25) is 9.59 Å². The monoisotopic (exact) mass is 335 g/mol. The van der Waals surface area contributed by atoms with Crippen LogP contribution in [0.25, 0.3) is 0 Å². The molecule has 0 bridgehead atoms. The summed E-state index contributed by atoms with van der Waals surface area (Å²) in [7, 11) is 0. The van der Waals surface area contributed by atoms with Gasteiger partial charge in [0, 0.05) is 31.7 Å². The SMILES string of the molecule is CSCC[C@H](N)C(=O)N1CCCN(C(=O)c2ccccc2)CC1. The van der Waals surface area contributed by atoms with Crippen molar-refractivity contribution in [2.75, 3.05) is 38.2 Å². The van der Waals surface area contributed by atoms with Gasteiger partial charge in [0.2, 0.25) is 5.91 Å². The quantitative estimate of drug-likeness (QED) is 0.884. The van der Waals surface area contributed by atoms with Gasteiger partial charge >= 0.3 is 0 Å². The van der Waals surface area contributed by atoms with Gasteiger partial charge in [-0.1, -0.05) is 18.2 Å². The summed E-state index contributed by atoms with van der Waals surface area (Å²) in [6.07, 6.45) is 3.50. The molecule has 2 amide bonds. The molecule has 1 saturated heterocycles. The predicted octanol–water partition coefficient (Wildman–Crippen LogP) is 1.44. The Morgan fingerprint density at radius 1 is 1.13 bits per heavy atom. The number of hydrogen-bond donors (Lipinski definition) is 1. The molecule has 1 aliphatic rings. The fourth-order valence-corrected chi connectivity index (χ4v) is 3.20. The van der Waals surface area contributed by atoms with Crippen LogP contribution in [-0.2, 0) is 4.79 Å². The molecular weight excluding hydrogens is 310 g/mol. The van der Waals surface area contributed by atoms with Gasteiger partial charge in [-0.25, -0.2) is 0 Å². The third-order valence-electron chi connectivity index (χ3n) is 4.07. The molecule has 0 spiro atoms. The number of amides is 2. The Morgan fingerprint density at radius 2 is 1.78 bits per heavy atom. The maximum Gasteiger partial charge on any atom is 0.253 e. The van der Waals surface area contributed by atoms with Crippen molar-refractivity contribution in [3.8, 4) is 0 Å². The minimum absolute atomic E-state index is 0.00746. The highest BCUT2D eigenvalue weighted by Crippen LogP contribution is 2.11. The maximum absolute atomic E-state index is 12.5. The Bertz CT molecular complexity index is 524. The van der Waals surface area contributed by atoms with Gasteiger partial charge in [0.15, 0.2) is 0 Å². The molecule has 0 radical (unpaired) electrons. The number of benzene rings is 1. The second-order valence-electron chi connectivity index (χ2n) is 5.73. The van der Waals surface area contributed by atoms with Crippen LogP contribution in [0.15, 0.2) is 30.3 Å². The van der Waals surface area contributed by atoms with Crippen molar-refractivity contribution < 1.29 is 9.59 Å². The summed E-state index contributed by atoms with van der Waals surface area (Å²) < 4.78 is 0. The van der Waals surface area contributed by atoms with Crippen molar-refractivity contribution >= 4 is 23.6 Å². The van der Waals surface area contributed by atoms with E-state index in [1.807, 2.05) is 46.4 Å². The number of nitrogens with two attached hydrogens (primary N) is 1. The Hall–Kier alpha value is -1.53. The van der Waals surface area contributed by atoms with E-state index >= 15 is 0 Å². The van der Waals surface area contributed by atoms with Gasteiger partial charge in [0.05, 0.1) is 6.04 Å². The predicted molar refractivity (Wildman–Crippen MR) is 94.5 cm³/mol. The summed E-state index contributed by atoms with van der Waals surface area (Å²) in [4.78, 5) is 28.5. The number of hydrogen-bond acceptors (Lipinski definition) is 4. The van der Waals surface area contributed by atoms with Crippen LogP contribution in [0.3, 0.4) is 0 Å². The largest absolute Gasteiger partial charge is 0.340 e. The molecule has 5 nitrogen and oxygen atoms in total. The van der Waals surface area contributed by atoms with E-state index in [1.165, 1.54) is 0 Å². The molecule has 0 aliphatic carbocycles. The molecule has 23 heavy (non-hydrogen) atoms.